The van der Waals surface area contributed by atoms with E-state index in [4.69, 9.17) is 4.74 Å². The SMILES string of the molecule is COc1cc(Cn2cc(Br)cc(Br)c2=O)cc([N+](=O)[O-])c1. The molecule has 0 amide bonds. The first-order chi connectivity index (χ1) is 9.90. The van der Waals surface area contributed by atoms with Gasteiger partial charge in [0.15, 0.2) is 0 Å². The van der Waals surface area contributed by atoms with Gasteiger partial charge in [-0.3, -0.25) is 14.9 Å². The number of rotatable bonds is 4. The van der Waals surface area contributed by atoms with Crippen LogP contribution in [0.5, 0.6) is 5.75 Å². The Labute approximate surface area is 136 Å². The highest BCUT2D eigenvalue weighted by Crippen LogP contribution is 2.23. The molecule has 1 heterocycles. The number of nitro benzene ring substituents is 1. The van der Waals surface area contributed by atoms with Crippen molar-refractivity contribution in [3.63, 3.8) is 0 Å². The van der Waals surface area contributed by atoms with Crippen LogP contribution >= 0.6 is 31.9 Å². The van der Waals surface area contributed by atoms with E-state index in [1.807, 2.05) is 0 Å². The predicted octanol–water partition coefficient (Wildman–Crippen LogP) is 3.34. The van der Waals surface area contributed by atoms with E-state index < -0.39 is 4.92 Å². The zero-order valence-corrected chi connectivity index (χ0v) is 14.0. The lowest BCUT2D eigenvalue weighted by atomic mass is 10.2. The van der Waals surface area contributed by atoms with Gasteiger partial charge in [0.2, 0.25) is 0 Å². The molecule has 1 aromatic heterocycles. The zero-order valence-electron chi connectivity index (χ0n) is 10.9. The molecule has 0 bridgehead atoms. The van der Waals surface area contributed by atoms with Crippen LogP contribution < -0.4 is 10.3 Å². The van der Waals surface area contributed by atoms with Crippen molar-refractivity contribution in [3.8, 4) is 5.75 Å². The number of hydrogen-bond acceptors (Lipinski definition) is 4. The average Bonchev–Trinajstić information content (AvgIpc) is 2.43. The Morgan fingerprint density at radius 3 is 2.62 bits per heavy atom. The standard InChI is InChI=1S/C13H10Br2N2O4/c1-21-11-3-8(2-10(5-11)17(19)20)6-16-7-9(14)4-12(15)13(16)18/h2-5,7H,6H2,1H3. The number of pyridine rings is 1. The third-order valence-corrected chi connectivity index (χ3v) is 3.76. The van der Waals surface area contributed by atoms with Crippen LogP contribution in [0.15, 0.2) is 44.2 Å². The maximum Gasteiger partial charge on any atom is 0.273 e. The molecule has 0 aliphatic rings. The van der Waals surface area contributed by atoms with Crippen LogP contribution in [0.25, 0.3) is 0 Å². The molecule has 0 fully saturated rings. The first-order valence-electron chi connectivity index (χ1n) is 5.78. The molecule has 0 unspecified atom stereocenters. The smallest absolute Gasteiger partial charge is 0.273 e. The summed E-state index contributed by atoms with van der Waals surface area (Å²) in [6, 6.07) is 6.06. The molecule has 0 N–H and O–H groups in total. The monoisotopic (exact) mass is 416 g/mol. The summed E-state index contributed by atoms with van der Waals surface area (Å²) in [5, 5.41) is 10.9. The largest absolute Gasteiger partial charge is 0.496 e. The van der Waals surface area contributed by atoms with E-state index in [1.165, 1.54) is 23.8 Å². The molecule has 8 heteroatoms. The summed E-state index contributed by atoms with van der Waals surface area (Å²) < 4.78 is 7.64. The highest BCUT2D eigenvalue weighted by atomic mass is 79.9. The Balaban J connectivity index is 2.46. The van der Waals surface area contributed by atoms with Crippen molar-refractivity contribution in [3.05, 3.63) is 65.4 Å². The number of halogens is 2. The van der Waals surface area contributed by atoms with Crippen LogP contribution in [0.2, 0.25) is 0 Å². The van der Waals surface area contributed by atoms with Gasteiger partial charge >= 0.3 is 0 Å². The molecule has 0 saturated heterocycles. The molecular weight excluding hydrogens is 408 g/mol. The lowest BCUT2D eigenvalue weighted by Crippen LogP contribution is -2.20. The molecule has 0 spiro atoms. The number of methoxy groups -OCH3 is 1. The molecule has 21 heavy (non-hydrogen) atoms. The Hall–Kier alpha value is -1.67. The summed E-state index contributed by atoms with van der Waals surface area (Å²) in [5.41, 5.74) is 0.309. The Kier molecular flexibility index (Phi) is 4.79. The van der Waals surface area contributed by atoms with E-state index >= 15 is 0 Å². The van der Waals surface area contributed by atoms with Gasteiger partial charge in [-0.2, -0.15) is 0 Å². The molecule has 1 aromatic carbocycles. The summed E-state index contributed by atoms with van der Waals surface area (Å²) in [5.74, 6) is 0.376. The molecular formula is C13H10Br2N2O4. The first-order valence-corrected chi connectivity index (χ1v) is 7.37. The van der Waals surface area contributed by atoms with Crippen molar-refractivity contribution in [2.75, 3.05) is 7.11 Å². The Morgan fingerprint density at radius 2 is 2.00 bits per heavy atom. The highest BCUT2D eigenvalue weighted by molar-refractivity contribution is 9.11. The Morgan fingerprint density at radius 1 is 1.29 bits per heavy atom. The van der Waals surface area contributed by atoms with Crippen molar-refractivity contribution in [2.45, 2.75) is 6.54 Å². The van der Waals surface area contributed by atoms with Gasteiger partial charge < -0.3 is 9.30 Å². The van der Waals surface area contributed by atoms with Gasteiger partial charge in [0, 0.05) is 16.7 Å². The predicted molar refractivity (Wildman–Crippen MR) is 84.9 cm³/mol. The topological polar surface area (TPSA) is 74.4 Å². The maximum atomic E-state index is 12.0. The molecule has 6 nitrogen and oxygen atoms in total. The second-order valence-corrected chi connectivity index (χ2v) is 6.01. The second-order valence-electron chi connectivity index (χ2n) is 4.24. The van der Waals surface area contributed by atoms with Gasteiger partial charge in [-0.25, -0.2) is 0 Å². The van der Waals surface area contributed by atoms with Gasteiger partial charge in [-0.1, -0.05) is 0 Å². The third-order valence-electron chi connectivity index (χ3n) is 2.76. The van der Waals surface area contributed by atoms with Gasteiger partial charge in [0.05, 0.1) is 29.1 Å². The van der Waals surface area contributed by atoms with E-state index in [0.29, 0.717) is 15.8 Å². The van der Waals surface area contributed by atoms with Gasteiger partial charge in [0.1, 0.15) is 5.75 Å². The first kappa shape index (κ1) is 15.7. The average molecular weight is 418 g/mol. The van der Waals surface area contributed by atoms with E-state index in [9.17, 15) is 14.9 Å². The van der Waals surface area contributed by atoms with Crippen LogP contribution in [-0.2, 0) is 6.54 Å². The fourth-order valence-corrected chi connectivity index (χ4v) is 3.09. The number of nitrogens with zero attached hydrogens (tertiary/aromatic N) is 2. The summed E-state index contributed by atoms with van der Waals surface area (Å²) in [6.07, 6.45) is 1.62. The van der Waals surface area contributed by atoms with E-state index in [1.54, 1.807) is 18.3 Å². The fourth-order valence-electron chi connectivity index (χ4n) is 1.84. The molecule has 2 rings (SSSR count). The van der Waals surface area contributed by atoms with Crippen molar-refractivity contribution in [2.24, 2.45) is 0 Å². The lowest BCUT2D eigenvalue weighted by Gasteiger charge is -2.09. The molecule has 0 atom stereocenters. The van der Waals surface area contributed by atoms with E-state index in [2.05, 4.69) is 31.9 Å². The van der Waals surface area contributed by atoms with Gasteiger partial charge in [0.25, 0.3) is 11.2 Å². The van der Waals surface area contributed by atoms with Crippen LogP contribution in [0, 0.1) is 10.1 Å². The number of benzene rings is 1. The van der Waals surface area contributed by atoms with Crippen molar-refractivity contribution >= 4 is 37.5 Å². The number of ether oxygens (including phenoxy) is 1. The van der Waals surface area contributed by atoms with Crippen molar-refractivity contribution in [1.29, 1.82) is 0 Å². The second kappa shape index (κ2) is 6.40. The molecule has 0 aliphatic carbocycles. The molecule has 110 valence electrons. The quantitative estimate of drug-likeness (QED) is 0.564. The van der Waals surface area contributed by atoms with Crippen LogP contribution in [-0.4, -0.2) is 16.6 Å². The molecule has 0 radical (unpaired) electrons. The number of non-ortho nitro benzene ring substituents is 1. The van der Waals surface area contributed by atoms with Crippen LogP contribution in [0.4, 0.5) is 5.69 Å². The molecule has 2 aromatic rings. The summed E-state index contributed by atoms with van der Waals surface area (Å²) in [7, 11) is 1.44. The van der Waals surface area contributed by atoms with E-state index in [-0.39, 0.29) is 17.8 Å². The summed E-state index contributed by atoms with van der Waals surface area (Å²) >= 11 is 6.48. The maximum absolute atomic E-state index is 12.0. The minimum atomic E-state index is -0.494. The summed E-state index contributed by atoms with van der Waals surface area (Å²) in [6.45, 7) is 0.203. The highest BCUT2D eigenvalue weighted by Gasteiger charge is 2.12. The van der Waals surface area contributed by atoms with Crippen molar-refractivity contribution in [1.82, 2.24) is 4.57 Å². The molecule has 0 aliphatic heterocycles. The summed E-state index contributed by atoms with van der Waals surface area (Å²) in [4.78, 5) is 22.4. The fraction of sp³-hybridized carbons (Fsp3) is 0.154. The minimum Gasteiger partial charge on any atom is -0.496 e. The van der Waals surface area contributed by atoms with E-state index in [0.717, 1.165) is 4.47 Å². The van der Waals surface area contributed by atoms with Crippen LogP contribution in [0.1, 0.15) is 5.56 Å². The minimum absolute atomic E-state index is 0.0774. The normalized spacial score (nSPS) is 10.4. The van der Waals surface area contributed by atoms with Crippen molar-refractivity contribution < 1.29 is 9.66 Å². The lowest BCUT2D eigenvalue weighted by molar-refractivity contribution is -0.385. The van der Waals surface area contributed by atoms with Gasteiger partial charge in [-0.15, -0.1) is 0 Å². The third kappa shape index (κ3) is 3.70. The number of nitro groups is 1. The molecule has 0 saturated carbocycles. The Bertz CT molecular complexity index is 758. The van der Waals surface area contributed by atoms with Gasteiger partial charge in [-0.05, 0) is 49.6 Å². The van der Waals surface area contributed by atoms with Crippen LogP contribution in [0.3, 0.4) is 0 Å². The number of aromatic nitrogens is 1. The number of hydrogen-bond donors (Lipinski definition) is 0. The zero-order chi connectivity index (χ0) is 15.6.